The zero-order valence-corrected chi connectivity index (χ0v) is 21.6. The SMILES string of the molecule is COC1CCC(/N=c2\cc3n(-c4ccc(F)cc4)c4ccccc4nc-3cc2Nc2cccnc2C)CC1. The summed E-state index contributed by atoms with van der Waals surface area (Å²) in [5, 5.41) is 4.45. The van der Waals surface area contributed by atoms with Crippen molar-refractivity contribution in [1.29, 1.82) is 0 Å². The van der Waals surface area contributed by atoms with Gasteiger partial charge in [0.2, 0.25) is 0 Å². The van der Waals surface area contributed by atoms with Gasteiger partial charge in [0.25, 0.3) is 0 Å². The van der Waals surface area contributed by atoms with E-state index in [9.17, 15) is 4.39 Å². The molecule has 7 heteroatoms. The summed E-state index contributed by atoms with van der Waals surface area (Å²) in [6.45, 7) is 1.99. The highest BCUT2D eigenvalue weighted by Gasteiger charge is 2.22. The second kappa shape index (κ2) is 10.3. The van der Waals surface area contributed by atoms with E-state index in [0.29, 0.717) is 6.10 Å². The second-order valence-electron chi connectivity index (χ2n) is 9.83. The number of para-hydroxylation sites is 2. The van der Waals surface area contributed by atoms with E-state index in [4.69, 9.17) is 14.7 Å². The van der Waals surface area contributed by atoms with E-state index in [0.717, 1.165) is 76.2 Å². The van der Waals surface area contributed by atoms with Crippen LogP contribution in [0.3, 0.4) is 0 Å². The predicted molar refractivity (Wildman–Crippen MR) is 149 cm³/mol. The monoisotopic (exact) mass is 507 g/mol. The van der Waals surface area contributed by atoms with Crippen molar-refractivity contribution in [1.82, 2.24) is 14.5 Å². The van der Waals surface area contributed by atoms with E-state index in [2.05, 4.69) is 27.0 Å². The summed E-state index contributed by atoms with van der Waals surface area (Å²) in [5.41, 5.74) is 7.12. The third-order valence-electron chi connectivity index (χ3n) is 7.36. The molecule has 1 N–H and O–H groups in total. The van der Waals surface area contributed by atoms with Crippen molar-refractivity contribution in [2.24, 2.45) is 4.99 Å². The number of fused-ring (bicyclic) bond motifs is 2. The van der Waals surface area contributed by atoms with Crippen molar-refractivity contribution >= 4 is 22.4 Å². The molecule has 0 atom stereocenters. The lowest BCUT2D eigenvalue weighted by atomic mass is 9.93. The Kier molecular flexibility index (Phi) is 6.60. The van der Waals surface area contributed by atoms with Crippen LogP contribution in [-0.4, -0.2) is 33.8 Å². The van der Waals surface area contributed by atoms with Crippen LogP contribution in [0.2, 0.25) is 0 Å². The summed E-state index contributed by atoms with van der Waals surface area (Å²) >= 11 is 0. The number of methoxy groups -OCH3 is 1. The number of nitrogens with zero attached hydrogens (tertiary/aromatic N) is 4. The molecule has 1 aromatic heterocycles. The van der Waals surface area contributed by atoms with E-state index in [-0.39, 0.29) is 11.9 Å². The van der Waals surface area contributed by atoms with Gasteiger partial charge in [0, 0.05) is 19.0 Å². The fourth-order valence-corrected chi connectivity index (χ4v) is 5.29. The molecule has 6 nitrogen and oxygen atoms in total. The molecule has 0 radical (unpaired) electrons. The average molecular weight is 508 g/mol. The zero-order valence-electron chi connectivity index (χ0n) is 21.6. The molecule has 2 aromatic carbocycles. The summed E-state index contributed by atoms with van der Waals surface area (Å²) in [6.07, 6.45) is 6.07. The number of ether oxygens (including phenoxy) is 1. The first-order chi connectivity index (χ1) is 18.6. The summed E-state index contributed by atoms with van der Waals surface area (Å²) in [7, 11) is 1.79. The molecule has 0 unspecified atom stereocenters. The number of pyridine rings is 1. The van der Waals surface area contributed by atoms with Crippen LogP contribution in [0.1, 0.15) is 31.4 Å². The van der Waals surface area contributed by atoms with E-state index < -0.39 is 0 Å². The molecule has 6 rings (SSSR count). The van der Waals surface area contributed by atoms with Crippen LogP contribution in [0, 0.1) is 12.7 Å². The van der Waals surface area contributed by atoms with Crippen molar-refractivity contribution in [3.63, 3.8) is 0 Å². The Hall–Kier alpha value is -4.10. The Morgan fingerprint density at radius 1 is 0.947 bits per heavy atom. The van der Waals surface area contributed by atoms with Crippen LogP contribution in [0.4, 0.5) is 15.8 Å². The largest absolute Gasteiger partial charge is 0.381 e. The van der Waals surface area contributed by atoms with E-state index in [1.165, 1.54) is 12.1 Å². The Bertz CT molecular complexity index is 1620. The Morgan fingerprint density at radius 2 is 1.74 bits per heavy atom. The first kappa shape index (κ1) is 24.2. The number of anilines is 2. The standard InChI is InChI=1S/C31H30FN5O/c1-20-25(7-5-17-33-20)35-27-18-29-31(19-28(27)34-22-11-15-24(38-2)16-12-22)37(23-13-9-21(32)10-14-23)30-8-4-3-6-26(30)36-29/h3-10,13-14,17-19,22,24,35H,11-12,15-16H2,1-2H3/b34-28+. The van der Waals surface area contributed by atoms with Gasteiger partial charge < -0.3 is 14.6 Å². The maximum atomic E-state index is 13.8. The van der Waals surface area contributed by atoms with Gasteiger partial charge in [-0.1, -0.05) is 12.1 Å². The number of aromatic nitrogens is 3. The lowest BCUT2D eigenvalue weighted by Crippen LogP contribution is -2.25. The molecule has 38 heavy (non-hydrogen) atoms. The molecule has 2 heterocycles. The Morgan fingerprint density at radius 3 is 2.50 bits per heavy atom. The van der Waals surface area contributed by atoms with Gasteiger partial charge in [0.1, 0.15) is 5.82 Å². The lowest BCUT2D eigenvalue weighted by molar-refractivity contribution is 0.0663. The van der Waals surface area contributed by atoms with Gasteiger partial charge in [0.05, 0.1) is 57.0 Å². The van der Waals surface area contributed by atoms with Crippen molar-refractivity contribution in [2.75, 3.05) is 12.4 Å². The molecule has 3 aliphatic rings. The van der Waals surface area contributed by atoms with Gasteiger partial charge in [-0.05, 0) is 93.3 Å². The molecule has 192 valence electrons. The molecule has 0 spiro atoms. The number of nitrogens with one attached hydrogen (secondary N) is 1. The van der Waals surface area contributed by atoms with Gasteiger partial charge in [-0.2, -0.15) is 0 Å². The highest BCUT2D eigenvalue weighted by molar-refractivity contribution is 5.84. The van der Waals surface area contributed by atoms with Crippen molar-refractivity contribution < 1.29 is 9.13 Å². The lowest BCUT2D eigenvalue weighted by Gasteiger charge is -2.25. The molecule has 0 amide bonds. The normalized spacial score (nSPS) is 18.2. The minimum absolute atomic E-state index is 0.210. The third kappa shape index (κ3) is 4.77. The van der Waals surface area contributed by atoms with Crippen LogP contribution >= 0.6 is 0 Å². The summed E-state index contributed by atoms with van der Waals surface area (Å²) < 4.78 is 21.6. The van der Waals surface area contributed by atoms with Gasteiger partial charge >= 0.3 is 0 Å². The zero-order chi connectivity index (χ0) is 26.1. The number of hydrogen-bond acceptors (Lipinski definition) is 5. The van der Waals surface area contributed by atoms with Gasteiger partial charge in [0.15, 0.2) is 0 Å². The van der Waals surface area contributed by atoms with Crippen LogP contribution in [-0.2, 0) is 4.74 Å². The van der Waals surface area contributed by atoms with Crippen LogP contribution in [0.5, 0.6) is 0 Å². The number of aryl methyl sites for hydroxylation is 1. The average Bonchev–Trinajstić information content (AvgIpc) is 2.94. The minimum atomic E-state index is -0.266. The number of benzene rings is 3. The summed E-state index contributed by atoms with van der Waals surface area (Å²) in [5.74, 6) is -0.266. The first-order valence-electron chi connectivity index (χ1n) is 13.1. The van der Waals surface area contributed by atoms with E-state index in [1.807, 2.05) is 43.3 Å². The molecule has 1 fully saturated rings. The third-order valence-corrected chi connectivity index (χ3v) is 7.36. The van der Waals surface area contributed by atoms with Crippen LogP contribution < -0.4 is 10.7 Å². The van der Waals surface area contributed by atoms with Gasteiger partial charge in [-0.3, -0.25) is 9.98 Å². The Balaban J connectivity index is 1.58. The maximum absolute atomic E-state index is 13.8. The molecule has 0 bridgehead atoms. The molecular weight excluding hydrogens is 477 g/mol. The second-order valence-corrected chi connectivity index (χ2v) is 9.83. The van der Waals surface area contributed by atoms with E-state index >= 15 is 0 Å². The van der Waals surface area contributed by atoms with Crippen molar-refractivity contribution in [3.8, 4) is 17.1 Å². The van der Waals surface area contributed by atoms with Gasteiger partial charge in [-0.15, -0.1) is 0 Å². The molecule has 3 aromatic rings. The predicted octanol–water partition coefficient (Wildman–Crippen LogP) is 6.57. The maximum Gasteiger partial charge on any atom is 0.123 e. The van der Waals surface area contributed by atoms with Gasteiger partial charge in [-0.25, -0.2) is 9.37 Å². The fourth-order valence-electron chi connectivity index (χ4n) is 5.29. The quantitative estimate of drug-likeness (QED) is 0.273. The summed E-state index contributed by atoms with van der Waals surface area (Å²) in [4.78, 5) is 14.7. The Labute approximate surface area is 221 Å². The van der Waals surface area contributed by atoms with Crippen molar-refractivity contribution in [2.45, 2.75) is 44.8 Å². The first-order valence-corrected chi connectivity index (χ1v) is 13.1. The number of rotatable bonds is 5. The number of halogens is 1. The molecule has 1 aliphatic heterocycles. The van der Waals surface area contributed by atoms with Crippen LogP contribution in [0.15, 0.2) is 84.0 Å². The highest BCUT2D eigenvalue weighted by Crippen LogP contribution is 2.31. The fraction of sp³-hybridized carbons (Fsp3) is 0.258. The molecule has 0 saturated heterocycles. The summed E-state index contributed by atoms with van der Waals surface area (Å²) in [6, 6.07) is 22.9. The topological polar surface area (TPSA) is 64.3 Å². The molecule has 1 saturated carbocycles. The van der Waals surface area contributed by atoms with Crippen molar-refractivity contribution in [3.05, 3.63) is 95.9 Å². The van der Waals surface area contributed by atoms with E-state index in [1.54, 1.807) is 25.4 Å². The number of hydrogen-bond donors (Lipinski definition) is 1. The molecular formula is C31H30FN5O. The minimum Gasteiger partial charge on any atom is -0.381 e. The highest BCUT2D eigenvalue weighted by atomic mass is 19.1. The van der Waals surface area contributed by atoms with Crippen LogP contribution in [0.25, 0.3) is 28.1 Å². The smallest absolute Gasteiger partial charge is 0.123 e. The molecule has 2 aliphatic carbocycles.